The van der Waals surface area contributed by atoms with Crippen molar-refractivity contribution in [3.63, 3.8) is 0 Å². The summed E-state index contributed by atoms with van der Waals surface area (Å²) in [6.07, 6.45) is 5.99. The van der Waals surface area contributed by atoms with Gasteiger partial charge in [-0.25, -0.2) is 4.99 Å². The molecule has 0 amide bonds. The standard InChI is InChI=1S/C17H16N2.BF4/c1-3-8-14(9-4-1)16-17(19-13-7-12-18-16)15-10-5-2-6-11-15;2-1(3,4)5/h1-13,16-18H;/q;-1/p+1/t16-,17+;/m1./s1. The van der Waals surface area contributed by atoms with Crippen LogP contribution < -0.4 is 10.3 Å². The second kappa shape index (κ2) is 8.33. The molecule has 1 aliphatic heterocycles. The molecular weight excluding hydrogens is 319 g/mol. The highest BCUT2D eigenvalue weighted by atomic mass is 19.5. The molecule has 0 spiro atoms. The molecule has 1 heterocycles. The lowest BCUT2D eigenvalue weighted by molar-refractivity contribution is -0.510. The smallest absolute Gasteiger partial charge is 0.418 e. The van der Waals surface area contributed by atoms with Gasteiger partial charge in [0.15, 0.2) is 12.3 Å². The number of benzene rings is 2. The van der Waals surface area contributed by atoms with E-state index in [0.29, 0.717) is 0 Å². The van der Waals surface area contributed by atoms with Crippen LogP contribution >= 0.6 is 0 Å². The topological polar surface area (TPSA) is 26.0 Å². The molecular formula is C17H17BF4N2. The van der Waals surface area contributed by atoms with E-state index in [2.05, 4.69) is 58.8 Å². The van der Waals surface area contributed by atoms with Gasteiger partial charge in [0.05, 0.1) is 0 Å². The maximum atomic E-state index is 9.75. The Bertz CT molecular complexity index is 666. The van der Waals surface area contributed by atoms with Crippen LogP contribution in [0.15, 0.2) is 72.9 Å². The number of allylic oxidation sites excluding steroid dienone is 1. The van der Waals surface area contributed by atoms with Crippen molar-refractivity contribution in [1.29, 1.82) is 0 Å². The molecule has 2 aromatic carbocycles. The average Bonchev–Trinajstić information content (AvgIpc) is 2.81. The molecule has 24 heavy (non-hydrogen) atoms. The molecule has 0 aromatic heterocycles. The molecule has 0 saturated heterocycles. The normalized spacial score (nSPS) is 19.7. The van der Waals surface area contributed by atoms with E-state index in [1.165, 1.54) is 11.1 Å². The van der Waals surface area contributed by atoms with Crippen molar-refractivity contribution in [2.75, 3.05) is 0 Å². The second-order valence-electron chi connectivity index (χ2n) is 5.13. The average molecular weight is 336 g/mol. The summed E-state index contributed by atoms with van der Waals surface area (Å²) < 4.78 is 39.0. The van der Waals surface area contributed by atoms with Crippen molar-refractivity contribution < 1.29 is 22.3 Å². The van der Waals surface area contributed by atoms with E-state index in [1.807, 2.05) is 30.6 Å². The molecule has 2 atom stereocenters. The van der Waals surface area contributed by atoms with Crippen LogP contribution in [-0.4, -0.2) is 13.5 Å². The van der Waals surface area contributed by atoms with Gasteiger partial charge in [-0.3, -0.25) is 0 Å². The van der Waals surface area contributed by atoms with Crippen LogP contribution in [0.25, 0.3) is 0 Å². The fourth-order valence-electron chi connectivity index (χ4n) is 2.46. The zero-order valence-electron chi connectivity index (χ0n) is 12.7. The summed E-state index contributed by atoms with van der Waals surface area (Å²) in [6, 6.07) is 21.5. The minimum absolute atomic E-state index is 0.221. The molecule has 0 unspecified atom stereocenters. The number of rotatable bonds is 2. The van der Waals surface area contributed by atoms with Gasteiger partial charge in [0.1, 0.15) is 6.04 Å². The molecule has 126 valence electrons. The summed E-state index contributed by atoms with van der Waals surface area (Å²) in [6.45, 7) is 0. The molecule has 2 nitrogen and oxygen atoms in total. The zero-order valence-corrected chi connectivity index (χ0v) is 12.7. The third-order valence-electron chi connectivity index (χ3n) is 3.39. The van der Waals surface area contributed by atoms with Crippen molar-refractivity contribution in [2.45, 2.75) is 12.1 Å². The van der Waals surface area contributed by atoms with Crippen LogP contribution in [0.1, 0.15) is 23.2 Å². The number of hydrogen-bond acceptors (Lipinski definition) is 1. The van der Waals surface area contributed by atoms with Crippen molar-refractivity contribution in [1.82, 2.24) is 5.32 Å². The van der Waals surface area contributed by atoms with E-state index in [0.717, 1.165) is 0 Å². The third kappa shape index (κ3) is 5.91. The van der Waals surface area contributed by atoms with E-state index in [4.69, 9.17) is 0 Å². The third-order valence-corrected chi connectivity index (χ3v) is 3.39. The highest BCUT2D eigenvalue weighted by Gasteiger charge is 2.28. The molecule has 3 rings (SSSR count). The predicted molar refractivity (Wildman–Crippen MR) is 87.9 cm³/mol. The van der Waals surface area contributed by atoms with Crippen molar-refractivity contribution in [3.8, 4) is 0 Å². The molecule has 0 aliphatic carbocycles. The van der Waals surface area contributed by atoms with Gasteiger partial charge < -0.3 is 22.6 Å². The molecule has 0 radical (unpaired) electrons. The van der Waals surface area contributed by atoms with Gasteiger partial charge in [-0.2, -0.15) is 0 Å². The summed E-state index contributed by atoms with van der Waals surface area (Å²) in [5.41, 5.74) is 2.56. The van der Waals surface area contributed by atoms with Crippen LogP contribution in [0.5, 0.6) is 0 Å². The van der Waals surface area contributed by atoms with Gasteiger partial charge in [-0.1, -0.05) is 60.7 Å². The quantitative estimate of drug-likeness (QED) is 0.640. The molecule has 7 heteroatoms. The van der Waals surface area contributed by atoms with Gasteiger partial charge in [-0.05, 0) is 5.56 Å². The Morgan fingerprint density at radius 3 is 1.83 bits per heavy atom. The lowest BCUT2D eigenvalue weighted by Gasteiger charge is -2.20. The lowest BCUT2D eigenvalue weighted by Crippen LogP contribution is -2.72. The van der Waals surface area contributed by atoms with Crippen LogP contribution in [0.3, 0.4) is 0 Å². The maximum absolute atomic E-state index is 9.75. The monoisotopic (exact) mass is 336 g/mol. The predicted octanol–water partition coefficient (Wildman–Crippen LogP) is 3.04. The van der Waals surface area contributed by atoms with E-state index in [-0.39, 0.29) is 12.1 Å². The van der Waals surface area contributed by atoms with Crippen LogP contribution in [0.4, 0.5) is 17.3 Å². The molecule has 0 bridgehead atoms. The molecule has 2 N–H and O–H groups in total. The SMILES string of the molecule is C1=CN[C@H](c2ccccc2)[C@H](c2ccccc2)[NH+]=C1.F[B-](F)(F)F. The van der Waals surface area contributed by atoms with Crippen molar-refractivity contribution >= 4 is 13.5 Å². The largest absolute Gasteiger partial charge is 0.673 e. The Labute approximate surface area is 138 Å². The van der Waals surface area contributed by atoms with Crippen LogP contribution in [0, 0.1) is 0 Å². The Balaban J connectivity index is 0.000000368. The summed E-state index contributed by atoms with van der Waals surface area (Å²) in [7, 11) is -6.00. The summed E-state index contributed by atoms with van der Waals surface area (Å²) >= 11 is 0. The summed E-state index contributed by atoms with van der Waals surface area (Å²) in [4.78, 5) is 3.47. The van der Waals surface area contributed by atoms with Crippen molar-refractivity contribution in [2.24, 2.45) is 0 Å². The van der Waals surface area contributed by atoms with E-state index in [1.54, 1.807) is 0 Å². The molecule has 0 saturated carbocycles. The number of halogens is 4. The summed E-state index contributed by atoms with van der Waals surface area (Å²) in [5, 5.41) is 3.47. The molecule has 1 aliphatic rings. The zero-order chi connectivity index (χ0) is 17.4. The highest BCUT2D eigenvalue weighted by Crippen LogP contribution is 2.25. The number of hydrogen-bond donors (Lipinski definition) is 2. The first-order valence-electron chi connectivity index (χ1n) is 7.43. The van der Waals surface area contributed by atoms with Gasteiger partial charge in [0.2, 0.25) is 0 Å². The van der Waals surface area contributed by atoms with E-state index >= 15 is 0 Å². The van der Waals surface area contributed by atoms with E-state index < -0.39 is 7.25 Å². The number of nitrogens with one attached hydrogen (secondary N) is 2. The first-order valence-corrected chi connectivity index (χ1v) is 7.43. The summed E-state index contributed by atoms with van der Waals surface area (Å²) in [5.74, 6) is 0. The van der Waals surface area contributed by atoms with Gasteiger partial charge >= 0.3 is 7.25 Å². The Kier molecular flexibility index (Phi) is 6.17. The van der Waals surface area contributed by atoms with Crippen LogP contribution in [-0.2, 0) is 0 Å². The Hall–Kier alpha value is -2.57. The molecule has 0 fully saturated rings. The lowest BCUT2D eigenvalue weighted by atomic mass is 9.94. The van der Waals surface area contributed by atoms with Gasteiger partial charge in [0.25, 0.3) is 0 Å². The first kappa shape index (κ1) is 17.8. The van der Waals surface area contributed by atoms with Crippen molar-refractivity contribution in [3.05, 3.63) is 84.1 Å². The highest BCUT2D eigenvalue weighted by molar-refractivity contribution is 6.50. The van der Waals surface area contributed by atoms with Gasteiger partial charge in [-0.15, -0.1) is 0 Å². The Morgan fingerprint density at radius 2 is 1.29 bits per heavy atom. The maximum Gasteiger partial charge on any atom is 0.673 e. The van der Waals surface area contributed by atoms with Gasteiger partial charge in [0, 0.05) is 17.8 Å². The molecule has 2 aromatic rings. The van der Waals surface area contributed by atoms with Crippen LogP contribution in [0.2, 0.25) is 0 Å². The minimum atomic E-state index is -6.00. The van der Waals surface area contributed by atoms with E-state index in [9.17, 15) is 17.3 Å². The first-order chi connectivity index (χ1) is 11.4. The fraction of sp³-hybridized carbons (Fsp3) is 0.118. The second-order valence-corrected chi connectivity index (χ2v) is 5.13. The Morgan fingerprint density at radius 1 is 0.792 bits per heavy atom. The fourth-order valence-corrected chi connectivity index (χ4v) is 2.46. The minimum Gasteiger partial charge on any atom is -0.418 e.